The van der Waals surface area contributed by atoms with Crippen molar-refractivity contribution in [2.75, 3.05) is 38.7 Å². The molecule has 2 amide bonds. The lowest BCUT2D eigenvalue weighted by atomic mass is 9.84. The first-order valence-corrected chi connectivity index (χ1v) is 17.5. The summed E-state index contributed by atoms with van der Waals surface area (Å²) in [4.78, 5) is 43.3. The maximum atomic E-state index is 14.4. The number of nitrogens with zero attached hydrogens (tertiary/aromatic N) is 1. The monoisotopic (exact) mass is 668 g/mol. The topological polar surface area (TPSA) is 135 Å². The highest BCUT2D eigenvalue weighted by molar-refractivity contribution is 7.80. The highest BCUT2D eigenvalue weighted by Gasteiger charge is 2.36. The summed E-state index contributed by atoms with van der Waals surface area (Å²) < 4.78 is 12.1. The van der Waals surface area contributed by atoms with Crippen LogP contribution in [0.3, 0.4) is 0 Å². The van der Waals surface area contributed by atoms with Crippen molar-refractivity contribution in [3.05, 3.63) is 88.5 Å². The molecule has 1 aromatic heterocycles. The first kappa shape index (κ1) is 37.9. The van der Waals surface area contributed by atoms with Crippen LogP contribution in [0.15, 0.2) is 71.7 Å². The van der Waals surface area contributed by atoms with Gasteiger partial charge in [0.1, 0.15) is 12.1 Å². The third-order valence-corrected chi connectivity index (χ3v) is 8.40. The number of carbonyl (C=O) groups excluding carboxylic acids is 2. The minimum atomic E-state index is -1.10. The fourth-order valence-electron chi connectivity index (χ4n) is 5.70. The van der Waals surface area contributed by atoms with Gasteiger partial charge in [0.15, 0.2) is 0 Å². The zero-order chi connectivity index (χ0) is 33.7. The van der Waals surface area contributed by atoms with Crippen molar-refractivity contribution >= 4 is 24.4 Å². The summed E-state index contributed by atoms with van der Waals surface area (Å²) in [5, 5.41) is 16.1. The molecule has 0 aliphatic carbocycles. The van der Waals surface area contributed by atoms with Gasteiger partial charge in [0, 0.05) is 19.1 Å². The van der Waals surface area contributed by atoms with Crippen LogP contribution in [0, 0.1) is 0 Å². The van der Waals surface area contributed by atoms with Gasteiger partial charge in [-0.05, 0) is 36.6 Å². The summed E-state index contributed by atoms with van der Waals surface area (Å²) >= 11 is 4.28. The largest absolute Gasteiger partial charge is 0.493 e. The number of carbonyl (C=O) groups is 2. The minimum Gasteiger partial charge on any atom is -0.493 e. The van der Waals surface area contributed by atoms with Crippen LogP contribution in [0.25, 0.3) is 0 Å². The molecule has 2 unspecified atom stereocenters. The smallest absolute Gasteiger partial charge is 0.329 e. The first-order chi connectivity index (χ1) is 23.0. The first-order valence-electron chi connectivity index (χ1n) is 16.9. The van der Waals surface area contributed by atoms with Crippen molar-refractivity contribution < 1.29 is 24.2 Å². The molecule has 47 heavy (non-hydrogen) atoms. The maximum absolute atomic E-state index is 14.4. The standard InChI is InChI=1S/C36H52N4O6S/c1-2-45-24-25-46-23-22-37-34(42)30(21-15-7-5-3-4-6-8-16-26-47)38-35(43)33(40-27-31(41)39-36(40)44)32(28-17-11-9-12-18-28)29-19-13-10-14-20-29/h9-14,17-20,27,30,32-33,41,47H,2-8,15-16,21-26H2,1H3,(H,37,42)(H,38,43)(H,39,44). The van der Waals surface area contributed by atoms with Crippen molar-refractivity contribution in [2.45, 2.75) is 82.7 Å². The minimum absolute atomic E-state index is 0.287. The number of H-pyrrole nitrogens is 1. The van der Waals surface area contributed by atoms with E-state index in [1.54, 1.807) is 0 Å². The molecule has 2 atom stereocenters. The van der Waals surface area contributed by atoms with Crippen LogP contribution in [0.1, 0.15) is 87.8 Å². The van der Waals surface area contributed by atoms with Gasteiger partial charge in [-0.2, -0.15) is 12.6 Å². The summed E-state index contributed by atoms with van der Waals surface area (Å²) in [6.45, 7) is 4.05. The van der Waals surface area contributed by atoms with E-state index in [2.05, 4.69) is 28.2 Å². The molecule has 3 rings (SSSR count). The number of unbranched alkanes of at least 4 members (excludes halogenated alkanes) is 7. The number of aromatic amines is 1. The third kappa shape index (κ3) is 13.2. The number of aromatic nitrogens is 2. The van der Waals surface area contributed by atoms with E-state index in [1.807, 2.05) is 67.6 Å². The SMILES string of the molecule is CCOCCOCCNC(=O)C(CCCCCCCCCCS)NC(=O)C(C(c1ccccc1)c1ccccc1)n1cc(O)[nH]c1=O. The Morgan fingerprint density at radius 3 is 1.96 bits per heavy atom. The molecule has 11 heteroatoms. The molecule has 0 fully saturated rings. The summed E-state index contributed by atoms with van der Waals surface area (Å²) in [5.74, 6) is -0.821. The zero-order valence-electron chi connectivity index (χ0n) is 27.6. The number of benzene rings is 2. The van der Waals surface area contributed by atoms with Gasteiger partial charge in [-0.15, -0.1) is 0 Å². The Balaban J connectivity index is 1.80. The molecule has 0 spiro atoms. The van der Waals surface area contributed by atoms with Gasteiger partial charge in [0.25, 0.3) is 0 Å². The van der Waals surface area contributed by atoms with Gasteiger partial charge >= 0.3 is 5.69 Å². The van der Waals surface area contributed by atoms with Gasteiger partial charge in [-0.3, -0.25) is 19.1 Å². The molecule has 0 saturated carbocycles. The molecular formula is C36H52N4O6S. The van der Waals surface area contributed by atoms with E-state index in [4.69, 9.17) is 9.47 Å². The summed E-state index contributed by atoms with van der Waals surface area (Å²) in [5.41, 5.74) is 0.996. The maximum Gasteiger partial charge on any atom is 0.329 e. The van der Waals surface area contributed by atoms with Gasteiger partial charge in [-0.25, -0.2) is 4.79 Å². The van der Waals surface area contributed by atoms with Crippen LogP contribution >= 0.6 is 12.6 Å². The average Bonchev–Trinajstić information content (AvgIpc) is 3.42. The molecule has 4 N–H and O–H groups in total. The van der Waals surface area contributed by atoms with Gasteiger partial charge < -0.3 is 25.2 Å². The Labute approximate surface area is 284 Å². The highest BCUT2D eigenvalue weighted by Crippen LogP contribution is 2.35. The average molecular weight is 669 g/mol. The van der Waals surface area contributed by atoms with Gasteiger partial charge in [0.2, 0.25) is 17.7 Å². The Kier molecular flexibility index (Phi) is 17.8. The van der Waals surface area contributed by atoms with Crippen molar-refractivity contribution in [1.82, 2.24) is 20.2 Å². The van der Waals surface area contributed by atoms with Gasteiger partial charge in [-0.1, -0.05) is 106 Å². The van der Waals surface area contributed by atoms with Crippen molar-refractivity contribution in [3.8, 4) is 5.88 Å². The third-order valence-electron chi connectivity index (χ3n) is 8.09. The lowest BCUT2D eigenvalue weighted by Crippen LogP contribution is -2.50. The van der Waals surface area contributed by atoms with Crippen molar-refractivity contribution in [2.24, 2.45) is 0 Å². The Morgan fingerprint density at radius 2 is 1.40 bits per heavy atom. The van der Waals surface area contributed by atoms with Crippen LogP contribution in [0.5, 0.6) is 5.88 Å². The van der Waals surface area contributed by atoms with Crippen molar-refractivity contribution in [1.29, 1.82) is 0 Å². The van der Waals surface area contributed by atoms with Crippen LogP contribution in [-0.4, -0.2) is 71.2 Å². The number of imidazole rings is 1. The number of ether oxygens (including phenoxy) is 2. The lowest BCUT2D eigenvalue weighted by Gasteiger charge is -2.29. The van der Waals surface area contributed by atoms with Crippen LogP contribution < -0.4 is 16.3 Å². The predicted molar refractivity (Wildman–Crippen MR) is 188 cm³/mol. The number of hydrogen-bond donors (Lipinski definition) is 5. The van der Waals surface area contributed by atoms with E-state index in [0.717, 1.165) is 49.0 Å². The fourth-order valence-corrected chi connectivity index (χ4v) is 5.92. The number of nitrogens with one attached hydrogen (secondary N) is 3. The summed E-state index contributed by atoms with van der Waals surface area (Å²) in [7, 11) is 0. The molecule has 10 nitrogen and oxygen atoms in total. The predicted octanol–water partition coefficient (Wildman–Crippen LogP) is 5.35. The Morgan fingerprint density at radius 1 is 0.830 bits per heavy atom. The Bertz CT molecular complexity index is 1310. The molecule has 0 bridgehead atoms. The van der Waals surface area contributed by atoms with Crippen LogP contribution in [-0.2, 0) is 19.1 Å². The van der Waals surface area contributed by atoms with E-state index in [9.17, 15) is 19.5 Å². The van der Waals surface area contributed by atoms with E-state index in [-0.39, 0.29) is 18.3 Å². The molecule has 0 aliphatic rings. The van der Waals surface area contributed by atoms with Crippen LogP contribution in [0.2, 0.25) is 0 Å². The second-order valence-corrected chi connectivity index (χ2v) is 12.0. The second kappa shape index (κ2) is 22.1. The molecule has 0 saturated heterocycles. The normalized spacial score (nSPS) is 12.6. The summed E-state index contributed by atoms with van der Waals surface area (Å²) in [6.07, 6.45) is 10.3. The molecule has 2 aromatic carbocycles. The van der Waals surface area contributed by atoms with E-state index >= 15 is 0 Å². The Hall–Kier alpha value is -3.54. The van der Waals surface area contributed by atoms with E-state index in [1.165, 1.54) is 30.0 Å². The van der Waals surface area contributed by atoms with Crippen LogP contribution in [0.4, 0.5) is 0 Å². The fraction of sp³-hybridized carbons (Fsp3) is 0.528. The van der Waals surface area contributed by atoms with E-state index < -0.39 is 29.6 Å². The quantitative estimate of drug-likeness (QED) is 0.0646. The number of rotatable bonds is 24. The van der Waals surface area contributed by atoms with Crippen molar-refractivity contribution in [3.63, 3.8) is 0 Å². The molecule has 0 radical (unpaired) electrons. The summed E-state index contributed by atoms with van der Waals surface area (Å²) in [6, 6.07) is 17.0. The van der Waals surface area contributed by atoms with E-state index in [0.29, 0.717) is 32.8 Å². The zero-order valence-corrected chi connectivity index (χ0v) is 28.5. The number of aromatic hydroxyl groups is 1. The molecular weight excluding hydrogens is 616 g/mol. The van der Waals surface area contributed by atoms with Gasteiger partial charge in [0.05, 0.1) is 26.0 Å². The second-order valence-electron chi connectivity index (χ2n) is 11.6. The highest BCUT2D eigenvalue weighted by atomic mass is 32.1. The molecule has 258 valence electrons. The number of hydrogen-bond acceptors (Lipinski definition) is 7. The molecule has 0 aliphatic heterocycles. The number of thiol groups is 1. The molecule has 3 aromatic rings. The molecule has 1 heterocycles. The number of amides is 2. The lowest BCUT2D eigenvalue weighted by molar-refractivity contribution is -0.131.